The quantitative estimate of drug-likeness (QED) is 0.219. The molecule has 0 spiro atoms. The van der Waals surface area contributed by atoms with Gasteiger partial charge in [0.2, 0.25) is 11.8 Å². The first-order valence-electron chi connectivity index (χ1n) is 14.3. The van der Waals surface area contributed by atoms with Crippen LogP contribution < -0.4 is 16.0 Å². The Bertz CT molecular complexity index is 1600. The van der Waals surface area contributed by atoms with E-state index >= 15 is 0 Å². The van der Waals surface area contributed by atoms with Gasteiger partial charge in [-0.2, -0.15) is 0 Å². The fraction of sp³-hybridized carbons (Fsp3) is 0.312. The average Bonchev–Trinajstić information content (AvgIpc) is 3.56. The molecule has 4 rings (SSSR count). The number of aryl methyl sites for hydroxylation is 3. The van der Waals surface area contributed by atoms with E-state index in [1.807, 2.05) is 43.3 Å². The molecule has 45 heavy (non-hydrogen) atoms. The minimum Gasteiger partial charge on any atom is -0.391 e. The lowest BCUT2D eigenvalue weighted by Crippen LogP contribution is -2.57. The molecule has 1 aromatic heterocycles. The number of hydrogen-bond donors (Lipinski definition) is 4. The van der Waals surface area contributed by atoms with Crippen molar-refractivity contribution in [3.63, 3.8) is 0 Å². The zero-order valence-corrected chi connectivity index (χ0v) is 26.1. The van der Waals surface area contributed by atoms with Crippen molar-refractivity contribution in [1.29, 1.82) is 0 Å². The van der Waals surface area contributed by atoms with Crippen molar-refractivity contribution < 1.29 is 33.6 Å². The van der Waals surface area contributed by atoms with Crippen LogP contribution in [0.4, 0.5) is 4.79 Å². The van der Waals surface area contributed by atoms with Gasteiger partial charge in [0.25, 0.3) is 17.1 Å². The lowest BCUT2D eigenvalue weighted by atomic mass is 10.0. The Morgan fingerprint density at radius 2 is 1.67 bits per heavy atom. The van der Waals surface area contributed by atoms with Crippen molar-refractivity contribution in [2.24, 2.45) is 0 Å². The Labute approximate surface area is 264 Å². The highest BCUT2D eigenvalue weighted by Crippen LogP contribution is 2.31. The Morgan fingerprint density at radius 3 is 2.24 bits per heavy atom. The van der Waals surface area contributed by atoms with Crippen molar-refractivity contribution in [1.82, 2.24) is 26.0 Å². The van der Waals surface area contributed by atoms with Crippen LogP contribution in [0.3, 0.4) is 0 Å². The first-order chi connectivity index (χ1) is 21.4. The molecule has 2 heterocycles. The zero-order chi connectivity index (χ0) is 32.7. The molecule has 0 bridgehead atoms. The average molecular weight is 634 g/mol. The molecular weight excluding hydrogens is 598 g/mol. The molecule has 3 aromatic rings. The largest absolute Gasteiger partial charge is 0.391 e. The van der Waals surface area contributed by atoms with E-state index < -0.39 is 35.9 Å². The molecule has 0 aliphatic carbocycles. The number of amides is 5. The fourth-order valence-electron chi connectivity index (χ4n) is 4.43. The van der Waals surface area contributed by atoms with Crippen LogP contribution in [0.5, 0.6) is 0 Å². The van der Waals surface area contributed by atoms with E-state index in [0.29, 0.717) is 17.1 Å². The summed E-state index contributed by atoms with van der Waals surface area (Å²) >= 11 is 0.877. The molecular formula is C32H35N5O7S. The third-order valence-electron chi connectivity index (χ3n) is 7.12. The number of hydrogen-bond acceptors (Lipinski definition) is 9. The number of aromatic nitrogens is 1. The molecule has 12 nitrogen and oxygen atoms in total. The van der Waals surface area contributed by atoms with Gasteiger partial charge in [-0.15, -0.1) is 0 Å². The lowest BCUT2D eigenvalue weighted by molar-refractivity contribution is -0.131. The maximum absolute atomic E-state index is 13.3. The summed E-state index contributed by atoms with van der Waals surface area (Å²) in [5.74, 6) is -1.83. The molecule has 1 fully saturated rings. The van der Waals surface area contributed by atoms with Crippen molar-refractivity contribution in [2.45, 2.75) is 58.3 Å². The Morgan fingerprint density at radius 1 is 1.00 bits per heavy atom. The number of aliphatic hydroxyl groups is 1. The first kappa shape index (κ1) is 33.1. The van der Waals surface area contributed by atoms with Gasteiger partial charge in [0.1, 0.15) is 17.8 Å². The smallest absolute Gasteiger partial charge is 0.293 e. The van der Waals surface area contributed by atoms with Crippen LogP contribution in [0, 0.1) is 13.8 Å². The number of imide groups is 1. The van der Waals surface area contributed by atoms with Gasteiger partial charge >= 0.3 is 0 Å². The maximum atomic E-state index is 13.3. The molecule has 0 saturated carbocycles. The summed E-state index contributed by atoms with van der Waals surface area (Å²) in [5.41, 5.74) is 3.51. The van der Waals surface area contributed by atoms with Gasteiger partial charge in [-0.25, -0.2) is 0 Å². The third kappa shape index (κ3) is 8.89. The number of carbonyl (C=O) groups is 5. The molecule has 0 radical (unpaired) electrons. The second-order valence-electron chi connectivity index (χ2n) is 10.8. The summed E-state index contributed by atoms with van der Waals surface area (Å²) in [6.45, 7) is 5.17. The van der Waals surface area contributed by atoms with E-state index in [4.69, 9.17) is 4.52 Å². The van der Waals surface area contributed by atoms with Gasteiger partial charge in [0.15, 0.2) is 5.69 Å². The molecule has 4 N–H and O–H groups in total. The van der Waals surface area contributed by atoms with Crippen molar-refractivity contribution in [2.75, 3.05) is 7.05 Å². The van der Waals surface area contributed by atoms with E-state index in [1.54, 1.807) is 25.1 Å². The van der Waals surface area contributed by atoms with E-state index in [9.17, 15) is 29.1 Å². The molecule has 0 unspecified atom stereocenters. The molecule has 2 aromatic carbocycles. The molecule has 1 saturated heterocycles. The molecule has 13 heteroatoms. The van der Waals surface area contributed by atoms with E-state index in [-0.39, 0.29) is 29.8 Å². The minimum atomic E-state index is -1.36. The van der Waals surface area contributed by atoms with E-state index in [0.717, 1.165) is 38.9 Å². The summed E-state index contributed by atoms with van der Waals surface area (Å²) in [5, 5.41) is 21.6. The number of likely N-dealkylation sites (N-methyl/N-ethyl adjacent to an activating group) is 1. The number of rotatable bonds is 12. The number of aliphatic hydroxyl groups excluding tert-OH is 1. The highest BCUT2D eigenvalue weighted by atomic mass is 32.2. The SMILES string of the molecule is Cc1ccc(CNC(=O)[C@H](CCc2ccc(C=C3SC(=O)N(C)C3=O)cc2)NC(=O)[C@@H](NC(=O)c2cc(C)on2)[C@@H](C)O)cc1. The van der Waals surface area contributed by atoms with Crippen molar-refractivity contribution in [3.8, 4) is 0 Å². The third-order valence-corrected chi connectivity index (χ3v) is 8.08. The monoisotopic (exact) mass is 633 g/mol. The summed E-state index contributed by atoms with van der Waals surface area (Å²) in [4.78, 5) is 64.6. The summed E-state index contributed by atoms with van der Waals surface area (Å²) in [7, 11) is 1.43. The molecule has 3 atom stereocenters. The van der Waals surface area contributed by atoms with Gasteiger partial charge < -0.3 is 25.6 Å². The summed E-state index contributed by atoms with van der Waals surface area (Å²) in [6.07, 6.45) is 0.978. The van der Waals surface area contributed by atoms with Crippen LogP contribution in [-0.2, 0) is 27.3 Å². The number of carbonyl (C=O) groups excluding carboxylic acids is 5. The van der Waals surface area contributed by atoms with E-state index in [2.05, 4.69) is 21.1 Å². The Balaban J connectivity index is 1.45. The van der Waals surface area contributed by atoms with Gasteiger partial charge in [-0.1, -0.05) is 59.3 Å². The van der Waals surface area contributed by atoms with E-state index in [1.165, 1.54) is 20.0 Å². The molecule has 1 aliphatic rings. The van der Waals surface area contributed by atoms with Crippen LogP contribution >= 0.6 is 11.8 Å². The van der Waals surface area contributed by atoms with Crippen LogP contribution in [0.25, 0.3) is 6.08 Å². The Hall–Kier alpha value is -4.75. The van der Waals surface area contributed by atoms with Gasteiger partial charge in [-0.3, -0.25) is 28.9 Å². The highest BCUT2D eigenvalue weighted by Gasteiger charge is 2.32. The van der Waals surface area contributed by atoms with Crippen LogP contribution in [-0.4, -0.2) is 69.3 Å². The lowest BCUT2D eigenvalue weighted by Gasteiger charge is -2.24. The van der Waals surface area contributed by atoms with Crippen molar-refractivity contribution in [3.05, 3.63) is 93.2 Å². The van der Waals surface area contributed by atoms with Crippen LogP contribution in [0.1, 0.15) is 51.8 Å². The second-order valence-corrected chi connectivity index (χ2v) is 11.8. The first-order valence-corrected chi connectivity index (χ1v) is 15.1. The standard InChI is InChI=1S/C32H35N5O7S/c1-18-5-7-23(8-6-18)17-33-28(39)24(34-30(41)27(20(3)38)35-29(40)25-15-19(2)44-36-25)14-13-21-9-11-22(12-10-21)16-26-31(42)37(4)32(43)45-26/h5-12,15-16,20,24,27,38H,13-14,17H2,1-4H3,(H,33,39)(H,34,41)(H,35,40)/t20-,24+,27+/m1/s1. The predicted molar refractivity (Wildman–Crippen MR) is 168 cm³/mol. The van der Waals surface area contributed by atoms with Crippen LogP contribution in [0.15, 0.2) is 64.0 Å². The number of benzene rings is 2. The predicted octanol–water partition coefficient (Wildman–Crippen LogP) is 2.87. The zero-order valence-electron chi connectivity index (χ0n) is 25.3. The van der Waals surface area contributed by atoms with Gasteiger partial charge in [0.05, 0.1) is 11.0 Å². The maximum Gasteiger partial charge on any atom is 0.293 e. The highest BCUT2D eigenvalue weighted by molar-refractivity contribution is 8.18. The second kappa shape index (κ2) is 14.8. The topological polar surface area (TPSA) is 171 Å². The Kier molecular flexibility index (Phi) is 10.9. The van der Waals surface area contributed by atoms with Gasteiger partial charge in [0, 0.05) is 19.7 Å². The minimum absolute atomic E-state index is 0.0491. The fourth-order valence-corrected chi connectivity index (χ4v) is 5.26. The number of nitrogens with zero attached hydrogens (tertiary/aromatic N) is 2. The summed E-state index contributed by atoms with van der Waals surface area (Å²) < 4.78 is 4.92. The molecule has 236 valence electrons. The van der Waals surface area contributed by atoms with Gasteiger partial charge in [-0.05, 0) is 68.1 Å². The molecule has 1 aliphatic heterocycles. The number of thioether (sulfide) groups is 1. The summed E-state index contributed by atoms with van der Waals surface area (Å²) in [6, 6.07) is 14.0. The molecule has 5 amide bonds. The van der Waals surface area contributed by atoms with Crippen LogP contribution in [0.2, 0.25) is 0 Å². The number of nitrogens with one attached hydrogen (secondary N) is 3. The van der Waals surface area contributed by atoms with Crippen molar-refractivity contribution >= 4 is 46.7 Å². The normalized spacial score (nSPS) is 15.9.